The summed E-state index contributed by atoms with van der Waals surface area (Å²) in [5.74, 6) is -1.31. The molecular formula is C32H40Cl2N2O3. The van der Waals surface area contributed by atoms with Crippen molar-refractivity contribution in [1.29, 1.82) is 0 Å². The first-order chi connectivity index (χ1) is 19.3. The number of hydrogen-bond acceptors (Lipinski definition) is 3. The lowest BCUT2D eigenvalue weighted by Gasteiger charge is -2.47. The minimum atomic E-state index is -2.11. The Kier molecular flexibility index (Phi) is 7.15. The zero-order valence-corrected chi connectivity index (χ0v) is 24.9. The van der Waals surface area contributed by atoms with Crippen molar-refractivity contribution in [2.45, 2.75) is 91.7 Å². The van der Waals surface area contributed by atoms with Crippen LogP contribution in [0.1, 0.15) is 112 Å². The second-order valence-electron chi connectivity index (χ2n) is 12.8. The molecule has 1 saturated carbocycles. The molecular weight excluding hydrogens is 531 g/mol. The smallest absolute Gasteiger partial charge is 0.335 e. The highest BCUT2D eigenvalue weighted by Crippen LogP contribution is 2.50. The zero-order chi connectivity index (χ0) is 31.3. The summed E-state index contributed by atoms with van der Waals surface area (Å²) in [5, 5.41) is 10.3. The number of rotatable bonds is 6. The molecule has 1 aliphatic carbocycles. The number of carboxylic acids is 1. The van der Waals surface area contributed by atoms with Crippen LogP contribution in [0, 0.1) is 16.7 Å². The summed E-state index contributed by atoms with van der Waals surface area (Å²) in [6.45, 7) is 7.95. The van der Waals surface area contributed by atoms with Crippen LogP contribution >= 0.6 is 23.2 Å². The van der Waals surface area contributed by atoms with Gasteiger partial charge in [0.15, 0.2) is 0 Å². The predicted molar refractivity (Wildman–Crippen MR) is 159 cm³/mol. The van der Waals surface area contributed by atoms with E-state index in [-0.39, 0.29) is 34.6 Å². The van der Waals surface area contributed by atoms with Crippen molar-refractivity contribution in [3.05, 3.63) is 69.2 Å². The van der Waals surface area contributed by atoms with Crippen molar-refractivity contribution in [2.75, 3.05) is 0 Å². The van der Waals surface area contributed by atoms with Gasteiger partial charge < -0.3 is 10.0 Å². The van der Waals surface area contributed by atoms with Gasteiger partial charge in [0.05, 0.1) is 11.6 Å². The van der Waals surface area contributed by atoms with Gasteiger partial charge in [0.25, 0.3) is 5.91 Å². The Balaban J connectivity index is 1.82. The minimum absolute atomic E-state index is 0.0131. The number of amides is 1. The fourth-order valence-corrected chi connectivity index (χ4v) is 6.47. The van der Waals surface area contributed by atoms with E-state index in [4.69, 9.17) is 32.3 Å². The Morgan fingerprint density at radius 3 is 2.21 bits per heavy atom. The maximum atomic E-state index is 14.5. The average Bonchev–Trinajstić information content (AvgIpc) is 3.14. The molecule has 0 bridgehead atoms. The number of aliphatic imine (C=N–C) groups is 1. The molecule has 0 radical (unpaired) electrons. The molecule has 7 heteroatoms. The standard InChI is InChI=1S/C32H40Cl2N2O3/c1-30(2,3)14-13-26(20-7-9-21(10-8-20)29(38)39)36-28(37)27(22-17-24(33)19-25(34)18-22)35-32(36)15-11-23(12-16-32)31(4,5)6/h7-10,17-19,23,26H,11-16H2,1-6H3,(H,38,39)/t23?,26-,32?/m1/s1/i4D3. The van der Waals surface area contributed by atoms with Gasteiger partial charge in [0, 0.05) is 19.7 Å². The fourth-order valence-electron chi connectivity index (χ4n) is 5.94. The number of nitrogens with zero attached hydrogens (tertiary/aromatic N) is 2. The lowest BCUT2D eigenvalue weighted by atomic mass is 9.69. The van der Waals surface area contributed by atoms with Crippen molar-refractivity contribution < 1.29 is 18.8 Å². The topological polar surface area (TPSA) is 70.0 Å². The summed E-state index contributed by atoms with van der Waals surface area (Å²) in [6.07, 6.45) is 3.69. The van der Waals surface area contributed by atoms with Crippen LogP contribution in [-0.4, -0.2) is 33.3 Å². The van der Waals surface area contributed by atoms with Crippen LogP contribution in [0.15, 0.2) is 47.5 Å². The molecule has 1 aliphatic heterocycles. The summed E-state index contributed by atoms with van der Waals surface area (Å²) >= 11 is 12.7. The molecule has 1 amide bonds. The van der Waals surface area contributed by atoms with E-state index in [1.54, 1.807) is 56.3 Å². The lowest BCUT2D eigenvalue weighted by Crippen LogP contribution is -2.51. The molecule has 1 N–H and O–H groups in total. The van der Waals surface area contributed by atoms with E-state index in [9.17, 15) is 14.7 Å². The molecule has 1 fully saturated rings. The van der Waals surface area contributed by atoms with E-state index in [1.165, 1.54) is 0 Å². The summed E-state index contributed by atoms with van der Waals surface area (Å²) in [7, 11) is 0. The van der Waals surface area contributed by atoms with Gasteiger partial charge in [-0.3, -0.25) is 9.79 Å². The van der Waals surface area contributed by atoms with E-state index >= 15 is 0 Å². The fraction of sp³-hybridized carbons (Fsp3) is 0.531. The Labute approximate surface area is 246 Å². The normalized spacial score (nSPS) is 24.2. The summed E-state index contributed by atoms with van der Waals surface area (Å²) in [5.41, 5.74) is 0.0668. The number of halogens is 2. The second-order valence-corrected chi connectivity index (χ2v) is 13.7. The van der Waals surface area contributed by atoms with Crippen molar-refractivity contribution in [3.8, 4) is 0 Å². The van der Waals surface area contributed by atoms with Gasteiger partial charge in [0.2, 0.25) is 0 Å². The van der Waals surface area contributed by atoms with Gasteiger partial charge in [0.1, 0.15) is 11.4 Å². The maximum Gasteiger partial charge on any atom is 0.335 e. The molecule has 2 aliphatic rings. The van der Waals surface area contributed by atoms with Gasteiger partial charge >= 0.3 is 5.97 Å². The van der Waals surface area contributed by atoms with Gasteiger partial charge in [-0.05, 0) is 91.2 Å². The van der Waals surface area contributed by atoms with Crippen molar-refractivity contribution in [1.82, 2.24) is 4.90 Å². The van der Waals surface area contributed by atoms with E-state index in [0.717, 1.165) is 12.0 Å². The molecule has 2 aromatic rings. The molecule has 2 aromatic carbocycles. The SMILES string of the molecule is [2H]C([2H])([2H])C(C)(C)C1CCC2(CC1)N=C(c1cc(Cl)cc(Cl)c1)C(=O)N2[C@H](CCC(C)(C)C)c1ccc(C(=O)O)cc1. The molecule has 0 unspecified atom stereocenters. The summed E-state index contributed by atoms with van der Waals surface area (Å²) in [6, 6.07) is 11.3. The Morgan fingerprint density at radius 1 is 1.10 bits per heavy atom. The largest absolute Gasteiger partial charge is 0.478 e. The quantitative estimate of drug-likeness (QED) is 0.375. The van der Waals surface area contributed by atoms with E-state index < -0.39 is 23.9 Å². The van der Waals surface area contributed by atoms with Crippen LogP contribution in [0.4, 0.5) is 0 Å². The number of hydrogen-bond donors (Lipinski definition) is 1. The molecule has 1 atom stereocenters. The van der Waals surface area contributed by atoms with Crippen LogP contribution in [-0.2, 0) is 4.79 Å². The molecule has 4 rings (SSSR count). The third-order valence-electron chi connectivity index (χ3n) is 8.15. The van der Waals surface area contributed by atoms with Crippen LogP contribution < -0.4 is 0 Å². The van der Waals surface area contributed by atoms with Gasteiger partial charge in [-0.25, -0.2) is 4.79 Å². The number of carboxylic acid groups (broad SMARTS) is 1. The lowest BCUT2D eigenvalue weighted by molar-refractivity contribution is -0.134. The van der Waals surface area contributed by atoms with Crippen molar-refractivity contribution >= 4 is 40.8 Å². The highest BCUT2D eigenvalue weighted by Gasteiger charge is 2.52. The molecule has 1 spiro atoms. The number of aromatic carboxylic acids is 1. The third-order valence-corrected chi connectivity index (χ3v) is 8.59. The highest BCUT2D eigenvalue weighted by molar-refractivity contribution is 6.47. The predicted octanol–water partition coefficient (Wildman–Crippen LogP) is 8.82. The number of carbonyl (C=O) groups excluding carboxylic acids is 1. The van der Waals surface area contributed by atoms with Crippen molar-refractivity contribution in [3.63, 3.8) is 0 Å². The first kappa shape index (κ1) is 25.6. The van der Waals surface area contributed by atoms with Gasteiger partial charge in [-0.15, -0.1) is 0 Å². The summed E-state index contributed by atoms with van der Waals surface area (Å²) in [4.78, 5) is 33.1. The van der Waals surface area contributed by atoms with Crippen LogP contribution in [0.5, 0.6) is 0 Å². The number of benzene rings is 2. The minimum Gasteiger partial charge on any atom is -0.478 e. The average molecular weight is 575 g/mol. The molecule has 210 valence electrons. The van der Waals surface area contributed by atoms with Gasteiger partial charge in [-0.1, -0.05) is 76.8 Å². The Hall–Kier alpha value is -2.37. The zero-order valence-electron chi connectivity index (χ0n) is 26.4. The second kappa shape index (κ2) is 10.9. The van der Waals surface area contributed by atoms with Gasteiger partial charge in [-0.2, -0.15) is 0 Å². The number of carbonyl (C=O) groups is 2. The van der Waals surface area contributed by atoms with Crippen LogP contribution in [0.3, 0.4) is 0 Å². The van der Waals surface area contributed by atoms with E-state index in [0.29, 0.717) is 47.7 Å². The van der Waals surface area contributed by atoms with Crippen LogP contribution in [0.25, 0.3) is 0 Å². The molecule has 39 heavy (non-hydrogen) atoms. The molecule has 0 saturated heterocycles. The summed E-state index contributed by atoms with van der Waals surface area (Å²) < 4.78 is 24.4. The van der Waals surface area contributed by atoms with Crippen LogP contribution in [0.2, 0.25) is 10.0 Å². The first-order valence-electron chi connectivity index (χ1n) is 15.1. The molecule has 5 nitrogen and oxygen atoms in total. The molecule has 0 aromatic heterocycles. The molecule has 1 heterocycles. The maximum absolute atomic E-state index is 14.5. The Bertz CT molecular complexity index is 1350. The third kappa shape index (κ3) is 6.52. The first-order valence-corrected chi connectivity index (χ1v) is 14.3. The highest BCUT2D eigenvalue weighted by atomic mass is 35.5. The van der Waals surface area contributed by atoms with E-state index in [2.05, 4.69) is 20.8 Å². The van der Waals surface area contributed by atoms with Crippen molar-refractivity contribution in [2.24, 2.45) is 21.7 Å². The Morgan fingerprint density at radius 2 is 1.69 bits per heavy atom. The van der Waals surface area contributed by atoms with E-state index in [1.807, 2.05) is 4.90 Å². The monoisotopic (exact) mass is 573 g/mol.